The minimum Gasteiger partial charge on any atom is -0.493 e. The molecule has 1 aliphatic heterocycles. The second kappa shape index (κ2) is 12.8. The monoisotopic (exact) mass is 539 g/mol. The smallest absolute Gasteiger partial charge is 0.191 e. The van der Waals surface area contributed by atoms with Gasteiger partial charge in [-0.05, 0) is 31.4 Å². The highest BCUT2D eigenvalue weighted by Gasteiger charge is 2.27. The van der Waals surface area contributed by atoms with Gasteiger partial charge in [-0.15, -0.1) is 24.0 Å². The summed E-state index contributed by atoms with van der Waals surface area (Å²) in [6, 6.07) is 14.5. The van der Waals surface area contributed by atoms with Crippen molar-refractivity contribution in [3.05, 3.63) is 59.2 Å². The number of aryl methyl sites for hydroxylation is 1. The normalized spacial score (nSPS) is 18.6. The molecular formula is C24H34IN3O3. The third kappa shape index (κ3) is 6.74. The van der Waals surface area contributed by atoms with Crippen LogP contribution in [0.3, 0.4) is 0 Å². The first-order valence-electron chi connectivity index (χ1n) is 10.5. The Balaban J connectivity index is 0.00000341. The molecule has 0 aromatic heterocycles. The van der Waals surface area contributed by atoms with Crippen LogP contribution in [0.5, 0.6) is 11.5 Å². The third-order valence-corrected chi connectivity index (χ3v) is 5.54. The van der Waals surface area contributed by atoms with Gasteiger partial charge in [0.2, 0.25) is 0 Å². The van der Waals surface area contributed by atoms with Crippen LogP contribution in [0.2, 0.25) is 0 Å². The molecule has 0 amide bonds. The third-order valence-electron chi connectivity index (χ3n) is 5.54. The molecule has 2 atom stereocenters. The number of nitrogens with zero attached hydrogens (tertiary/aromatic N) is 1. The molecule has 1 aliphatic rings. The van der Waals surface area contributed by atoms with Crippen molar-refractivity contribution in [2.24, 2.45) is 10.9 Å². The van der Waals surface area contributed by atoms with Crippen molar-refractivity contribution in [1.82, 2.24) is 10.6 Å². The predicted molar refractivity (Wildman–Crippen MR) is 136 cm³/mol. The van der Waals surface area contributed by atoms with Crippen LogP contribution < -0.4 is 20.1 Å². The summed E-state index contributed by atoms with van der Waals surface area (Å²) in [5, 5.41) is 6.85. The van der Waals surface area contributed by atoms with Crippen molar-refractivity contribution < 1.29 is 14.2 Å². The molecule has 1 heterocycles. The maximum atomic E-state index is 6.14. The summed E-state index contributed by atoms with van der Waals surface area (Å²) in [6.07, 6.45) is 2.33. The molecular weight excluding hydrogens is 505 g/mol. The molecule has 0 saturated carbocycles. The van der Waals surface area contributed by atoms with Gasteiger partial charge in [-0.1, -0.05) is 42.0 Å². The minimum atomic E-state index is 0. The highest BCUT2D eigenvalue weighted by atomic mass is 127. The summed E-state index contributed by atoms with van der Waals surface area (Å²) >= 11 is 0. The van der Waals surface area contributed by atoms with E-state index in [0.717, 1.165) is 49.0 Å². The van der Waals surface area contributed by atoms with E-state index >= 15 is 0 Å². The van der Waals surface area contributed by atoms with Gasteiger partial charge in [0.25, 0.3) is 0 Å². The van der Waals surface area contributed by atoms with Crippen LogP contribution in [0.4, 0.5) is 0 Å². The molecule has 2 N–H and O–H groups in total. The molecule has 1 saturated heterocycles. The van der Waals surface area contributed by atoms with Crippen LogP contribution in [0, 0.1) is 12.8 Å². The second-order valence-electron chi connectivity index (χ2n) is 7.56. The summed E-state index contributed by atoms with van der Waals surface area (Å²) in [6.45, 7) is 4.31. The van der Waals surface area contributed by atoms with E-state index in [9.17, 15) is 0 Å². The molecule has 7 heteroatoms. The van der Waals surface area contributed by atoms with E-state index in [1.807, 2.05) is 18.2 Å². The molecule has 0 aliphatic carbocycles. The van der Waals surface area contributed by atoms with Crippen molar-refractivity contribution >= 4 is 29.9 Å². The molecule has 0 spiro atoms. The van der Waals surface area contributed by atoms with Gasteiger partial charge >= 0.3 is 0 Å². The Morgan fingerprint density at radius 2 is 1.87 bits per heavy atom. The Kier molecular flexibility index (Phi) is 10.4. The first-order valence-corrected chi connectivity index (χ1v) is 10.5. The number of guanidine groups is 1. The molecule has 31 heavy (non-hydrogen) atoms. The highest BCUT2D eigenvalue weighted by molar-refractivity contribution is 14.0. The summed E-state index contributed by atoms with van der Waals surface area (Å²) in [7, 11) is 5.09. The lowest BCUT2D eigenvalue weighted by Gasteiger charge is -2.32. The van der Waals surface area contributed by atoms with E-state index in [2.05, 4.69) is 46.8 Å². The average Bonchev–Trinajstić information content (AvgIpc) is 2.79. The lowest BCUT2D eigenvalue weighted by molar-refractivity contribution is -0.0265. The number of para-hydroxylation sites is 1. The first-order chi connectivity index (χ1) is 14.7. The zero-order valence-corrected chi connectivity index (χ0v) is 21.1. The van der Waals surface area contributed by atoms with Gasteiger partial charge in [-0.25, -0.2) is 0 Å². The molecule has 3 rings (SSSR count). The van der Waals surface area contributed by atoms with Crippen LogP contribution in [-0.2, 0) is 11.3 Å². The first kappa shape index (κ1) is 25.3. The standard InChI is InChI=1S/C24H33N3O3.HI/c1-17-10-12-18(13-11-17)22-19(8-6-14-30-22)15-26-24(25-2)27-16-20-7-5-9-21(28-3)23(20)29-4;/h5,7,9-13,19,22H,6,8,14-16H2,1-4H3,(H2,25,26,27);1H. The molecule has 0 bridgehead atoms. The number of halogens is 1. The van der Waals surface area contributed by atoms with Crippen molar-refractivity contribution in [2.75, 3.05) is 34.4 Å². The number of methoxy groups -OCH3 is 2. The number of hydrogen-bond acceptors (Lipinski definition) is 4. The Morgan fingerprint density at radius 3 is 2.55 bits per heavy atom. The Morgan fingerprint density at radius 1 is 1.10 bits per heavy atom. The van der Waals surface area contributed by atoms with Gasteiger partial charge in [0.15, 0.2) is 17.5 Å². The zero-order valence-electron chi connectivity index (χ0n) is 18.8. The Bertz CT molecular complexity index is 842. The topological polar surface area (TPSA) is 64.1 Å². The SMILES string of the molecule is CN=C(NCc1cccc(OC)c1OC)NCC1CCCOC1c1ccc(C)cc1.I. The fraction of sp³-hybridized carbons (Fsp3) is 0.458. The molecule has 2 aromatic carbocycles. The summed E-state index contributed by atoms with van der Waals surface area (Å²) in [4.78, 5) is 4.38. The van der Waals surface area contributed by atoms with Crippen molar-refractivity contribution in [2.45, 2.75) is 32.4 Å². The number of nitrogens with one attached hydrogen (secondary N) is 2. The number of aliphatic imine (C=N–C) groups is 1. The van der Waals surface area contributed by atoms with E-state index in [-0.39, 0.29) is 30.1 Å². The van der Waals surface area contributed by atoms with Crippen LogP contribution in [-0.4, -0.2) is 40.4 Å². The number of ether oxygens (including phenoxy) is 3. The summed E-state index contributed by atoms with van der Waals surface area (Å²) in [5.41, 5.74) is 3.52. The maximum absolute atomic E-state index is 6.14. The fourth-order valence-electron chi connectivity index (χ4n) is 3.90. The van der Waals surface area contributed by atoms with Crippen LogP contribution in [0.25, 0.3) is 0 Å². The van der Waals surface area contributed by atoms with Crippen molar-refractivity contribution in [3.63, 3.8) is 0 Å². The lowest BCUT2D eigenvalue weighted by Crippen LogP contribution is -2.41. The molecule has 1 fully saturated rings. The van der Waals surface area contributed by atoms with Gasteiger partial charge in [0, 0.05) is 38.2 Å². The van der Waals surface area contributed by atoms with Crippen molar-refractivity contribution in [3.8, 4) is 11.5 Å². The maximum Gasteiger partial charge on any atom is 0.191 e. The number of benzene rings is 2. The van der Waals surface area contributed by atoms with Gasteiger partial charge in [0.05, 0.1) is 20.3 Å². The van der Waals surface area contributed by atoms with E-state index in [0.29, 0.717) is 12.5 Å². The molecule has 0 radical (unpaired) electrons. The number of hydrogen-bond donors (Lipinski definition) is 2. The number of rotatable bonds is 7. The lowest BCUT2D eigenvalue weighted by atomic mass is 9.89. The Labute approximate surface area is 202 Å². The van der Waals surface area contributed by atoms with E-state index in [4.69, 9.17) is 14.2 Å². The van der Waals surface area contributed by atoms with E-state index < -0.39 is 0 Å². The van der Waals surface area contributed by atoms with Crippen LogP contribution >= 0.6 is 24.0 Å². The summed E-state index contributed by atoms with van der Waals surface area (Å²) in [5.74, 6) is 2.61. The molecule has 2 unspecified atom stereocenters. The molecule has 6 nitrogen and oxygen atoms in total. The van der Waals surface area contributed by atoms with Gasteiger partial charge in [0.1, 0.15) is 0 Å². The van der Waals surface area contributed by atoms with E-state index in [1.54, 1.807) is 21.3 Å². The van der Waals surface area contributed by atoms with E-state index in [1.165, 1.54) is 11.1 Å². The highest BCUT2D eigenvalue weighted by Crippen LogP contribution is 2.33. The van der Waals surface area contributed by atoms with Gasteiger partial charge < -0.3 is 24.8 Å². The fourth-order valence-corrected chi connectivity index (χ4v) is 3.90. The quantitative estimate of drug-likeness (QED) is 0.309. The van der Waals surface area contributed by atoms with Crippen LogP contribution in [0.1, 0.15) is 35.6 Å². The Hall–Kier alpha value is -2.00. The second-order valence-corrected chi connectivity index (χ2v) is 7.56. The molecule has 2 aromatic rings. The zero-order chi connectivity index (χ0) is 21.3. The summed E-state index contributed by atoms with van der Waals surface area (Å²) < 4.78 is 17.0. The predicted octanol–water partition coefficient (Wildman–Crippen LogP) is 4.46. The molecule has 170 valence electrons. The minimum absolute atomic E-state index is 0. The van der Waals surface area contributed by atoms with Crippen LogP contribution in [0.15, 0.2) is 47.5 Å². The van der Waals surface area contributed by atoms with Gasteiger partial charge in [-0.3, -0.25) is 4.99 Å². The average molecular weight is 539 g/mol. The van der Waals surface area contributed by atoms with Crippen molar-refractivity contribution in [1.29, 1.82) is 0 Å². The van der Waals surface area contributed by atoms with Gasteiger partial charge in [-0.2, -0.15) is 0 Å². The largest absolute Gasteiger partial charge is 0.493 e.